The SMILES string of the molecule is Cc1ccc2c(CC(=O)N3CCC[C@@H]3c3ccnc(C)n3)coc2c1. The molecule has 1 aliphatic rings. The summed E-state index contributed by atoms with van der Waals surface area (Å²) >= 11 is 0. The Bertz CT molecular complexity index is 932. The maximum absolute atomic E-state index is 12.9. The van der Waals surface area contributed by atoms with Gasteiger partial charge in [0.05, 0.1) is 24.4 Å². The molecule has 3 heterocycles. The first kappa shape index (κ1) is 15.8. The molecule has 1 fully saturated rings. The number of likely N-dealkylation sites (tertiary alicyclic amines) is 1. The molecule has 1 saturated heterocycles. The molecule has 0 aliphatic carbocycles. The van der Waals surface area contributed by atoms with Crippen molar-refractivity contribution < 1.29 is 9.21 Å². The van der Waals surface area contributed by atoms with E-state index in [0.29, 0.717) is 6.42 Å². The highest BCUT2D eigenvalue weighted by molar-refractivity contribution is 5.88. The van der Waals surface area contributed by atoms with Gasteiger partial charge < -0.3 is 9.32 Å². The molecule has 0 bridgehead atoms. The summed E-state index contributed by atoms with van der Waals surface area (Å²) in [4.78, 5) is 23.6. The molecular weight excluding hydrogens is 314 g/mol. The summed E-state index contributed by atoms with van der Waals surface area (Å²) in [5.41, 5.74) is 3.88. The van der Waals surface area contributed by atoms with Crippen LogP contribution in [0.3, 0.4) is 0 Å². The van der Waals surface area contributed by atoms with E-state index in [-0.39, 0.29) is 11.9 Å². The van der Waals surface area contributed by atoms with Crippen LogP contribution in [0, 0.1) is 13.8 Å². The van der Waals surface area contributed by atoms with E-state index in [1.54, 1.807) is 12.5 Å². The number of nitrogens with zero attached hydrogens (tertiary/aromatic N) is 3. The van der Waals surface area contributed by atoms with Crippen LogP contribution in [-0.2, 0) is 11.2 Å². The third-order valence-electron chi connectivity index (χ3n) is 4.87. The Labute approximate surface area is 146 Å². The van der Waals surface area contributed by atoms with E-state index in [9.17, 15) is 4.79 Å². The van der Waals surface area contributed by atoms with Crippen LogP contribution < -0.4 is 0 Å². The zero-order valence-corrected chi connectivity index (χ0v) is 14.5. The third-order valence-corrected chi connectivity index (χ3v) is 4.87. The fourth-order valence-corrected chi connectivity index (χ4v) is 3.62. The van der Waals surface area contributed by atoms with Gasteiger partial charge in [0.15, 0.2) is 0 Å². The monoisotopic (exact) mass is 335 g/mol. The number of rotatable bonds is 3. The number of hydrogen-bond acceptors (Lipinski definition) is 4. The number of amides is 1. The van der Waals surface area contributed by atoms with Crippen molar-refractivity contribution in [1.29, 1.82) is 0 Å². The van der Waals surface area contributed by atoms with E-state index < -0.39 is 0 Å². The van der Waals surface area contributed by atoms with Crippen molar-refractivity contribution in [2.75, 3.05) is 6.54 Å². The molecule has 5 heteroatoms. The van der Waals surface area contributed by atoms with Crippen LogP contribution in [0.5, 0.6) is 0 Å². The van der Waals surface area contributed by atoms with Crippen LogP contribution in [0.15, 0.2) is 41.1 Å². The van der Waals surface area contributed by atoms with E-state index in [1.807, 2.05) is 43.0 Å². The fraction of sp³-hybridized carbons (Fsp3) is 0.350. The number of carbonyl (C=O) groups excluding carboxylic acids is 1. The minimum Gasteiger partial charge on any atom is -0.464 e. The van der Waals surface area contributed by atoms with Crippen molar-refractivity contribution in [2.24, 2.45) is 0 Å². The highest BCUT2D eigenvalue weighted by Crippen LogP contribution is 2.32. The normalized spacial score (nSPS) is 17.4. The van der Waals surface area contributed by atoms with E-state index in [0.717, 1.165) is 53.0 Å². The lowest BCUT2D eigenvalue weighted by atomic mass is 10.1. The molecule has 128 valence electrons. The van der Waals surface area contributed by atoms with Crippen molar-refractivity contribution in [3.63, 3.8) is 0 Å². The van der Waals surface area contributed by atoms with Gasteiger partial charge in [-0.15, -0.1) is 0 Å². The number of hydrogen-bond donors (Lipinski definition) is 0. The molecule has 0 saturated carbocycles. The molecule has 3 aromatic rings. The smallest absolute Gasteiger partial charge is 0.227 e. The lowest BCUT2D eigenvalue weighted by molar-refractivity contribution is -0.131. The number of benzene rings is 1. The molecule has 0 spiro atoms. The molecule has 1 aliphatic heterocycles. The van der Waals surface area contributed by atoms with Crippen molar-refractivity contribution >= 4 is 16.9 Å². The van der Waals surface area contributed by atoms with E-state index in [1.165, 1.54) is 0 Å². The largest absolute Gasteiger partial charge is 0.464 e. The number of aromatic nitrogens is 2. The molecule has 0 unspecified atom stereocenters. The Hall–Kier alpha value is -2.69. The van der Waals surface area contributed by atoms with E-state index in [4.69, 9.17) is 4.42 Å². The van der Waals surface area contributed by atoms with Gasteiger partial charge in [0.1, 0.15) is 11.4 Å². The van der Waals surface area contributed by atoms with Gasteiger partial charge in [-0.25, -0.2) is 9.97 Å². The second-order valence-corrected chi connectivity index (χ2v) is 6.71. The summed E-state index contributed by atoms with van der Waals surface area (Å²) in [6.45, 7) is 4.69. The average Bonchev–Trinajstić information content (AvgIpc) is 3.22. The first-order valence-electron chi connectivity index (χ1n) is 8.67. The Balaban J connectivity index is 1.57. The predicted molar refractivity (Wildman–Crippen MR) is 95.1 cm³/mol. The van der Waals surface area contributed by atoms with Crippen LogP contribution in [0.1, 0.15) is 41.5 Å². The first-order chi connectivity index (χ1) is 12.1. The Morgan fingerprint density at radius 3 is 3.04 bits per heavy atom. The third kappa shape index (κ3) is 3.02. The zero-order valence-electron chi connectivity index (χ0n) is 14.5. The maximum atomic E-state index is 12.9. The maximum Gasteiger partial charge on any atom is 0.227 e. The zero-order chi connectivity index (χ0) is 17.4. The van der Waals surface area contributed by atoms with Crippen molar-refractivity contribution in [3.05, 3.63) is 59.4 Å². The highest BCUT2D eigenvalue weighted by Gasteiger charge is 2.31. The molecule has 0 radical (unpaired) electrons. The topological polar surface area (TPSA) is 59.2 Å². The van der Waals surface area contributed by atoms with Gasteiger partial charge in [0, 0.05) is 23.7 Å². The van der Waals surface area contributed by atoms with Crippen LogP contribution in [0.2, 0.25) is 0 Å². The number of fused-ring (bicyclic) bond motifs is 1. The summed E-state index contributed by atoms with van der Waals surface area (Å²) in [6, 6.07) is 8.06. The van der Waals surface area contributed by atoms with Crippen LogP contribution in [-0.4, -0.2) is 27.3 Å². The molecule has 0 N–H and O–H groups in total. The molecule has 2 aromatic heterocycles. The molecule has 5 nitrogen and oxygen atoms in total. The van der Waals surface area contributed by atoms with Crippen LogP contribution >= 0.6 is 0 Å². The van der Waals surface area contributed by atoms with Gasteiger partial charge in [0.25, 0.3) is 0 Å². The minimum absolute atomic E-state index is 0.0506. The second-order valence-electron chi connectivity index (χ2n) is 6.71. The van der Waals surface area contributed by atoms with Crippen molar-refractivity contribution in [1.82, 2.24) is 14.9 Å². The summed E-state index contributed by atoms with van der Waals surface area (Å²) < 4.78 is 5.63. The van der Waals surface area contributed by atoms with E-state index in [2.05, 4.69) is 9.97 Å². The Morgan fingerprint density at radius 1 is 1.32 bits per heavy atom. The lowest BCUT2D eigenvalue weighted by Gasteiger charge is -2.24. The van der Waals surface area contributed by atoms with E-state index >= 15 is 0 Å². The Morgan fingerprint density at radius 2 is 2.20 bits per heavy atom. The number of furan rings is 1. The summed E-state index contributed by atoms with van der Waals surface area (Å²) in [5, 5.41) is 1.02. The first-order valence-corrected chi connectivity index (χ1v) is 8.67. The number of aryl methyl sites for hydroxylation is 2. The van der Waals surface area contributed by atoms with Gasteiger partial charge >= 0.3 is 0 Å². The van der Waals surface area contributed by atoms with Gasteiger partial charge in [0.2, 0.25) is 5.91 Å². The molecule has 25 heavy (non-hydrogen) atoms. The number of carbonyl (C=O) groups is 1. The molecule has 1 amide bonds. The summed E-state index contributed by atoms with van der Waals surface area (Å²) in [5.74, 6) is 0.870. The molecule has 4 rings (SSSR count). The van der Waals surface area contributed by atoms with Gasteiger partial charge in [-0.3, -0.25) is 4.79 Å². The van der Waals surface area contributed by atoms with Crippen molar-refractivity contribution in [3.8, 4) is 0 Å². The van der Waals surface area contributed by atoms with Gasteiger partial charge in [-0.2, -0.15) is 0 Å². The Kier molecular flexibility index (Phi) is 3.99. The van der Waals surface area contributed by atoms with Crippen LogP contribution in [0.4, 0.5) is 0 Å². The van der Waals surface area contributed by atoms with Gasteiger partial charge in [-0.05, 0) is 44.4 Å². The van der Waals surface area contributed by atoms with Crippen LogP contribution in [0.25, 0.3) is 11.0 Å². The molecular formula is C20H21N3O2. The molecule has 1 atom stereocenters. The van der Waals surface area contributed by atoms with Crippen molar-refractivity contribution in [2.45, 2.75) is 39.2 Å². The quantitative estimate of drug-likeness (QED) is 0.731. The average molecular weight is 335 g/mol. The molecule has 1 aromatic carbocycles. The summed E-state index contributed by atoms with van der Waals surface area (Å²) in [7, 11) is 0. The van der Waals surface area contributed by atoms with Gasteiger partial charge in [-0.1, -0.05) is 12.1 Å². The lowest BCUT2D eigenvalue weighted by Crippen LogP contribution is -2.32. The second kappa shape index (κ2) is 6.31. The highest BCUT2D eigenvalue weighted by atomic mass is 16.3. The minimum atomic E-state index is 0.0506. The fourth-order valence-electron chi connectivity index (χ4n) is 3.62. The predicted octanol–water partition coefficient (Wildman–Crippen LogP) is 3.75. The standard InChI is InChI=1S/C20H21N3O2/c1-13-5-6-16-15(12-25-19(16)10-13)11-20(24)23-9-3-4-18(23)17-7-8-21-14(2)22-17/h5-8,10,12,18H,3-4,9,11H2,1-2H3/t18-/m1/s1. The summed E-state index contributed by atoms with van der Waals surface area (Å²) in [6.07, 6.45) is 5.79.